The van der Waals surface area contributed by atoms with Crippen molar-refractivity contribution in [1.29, 1.82) is 0 Å². The summed E-state index contributed by atoms with van der Waals surface area (Å²) in [6.07, 6.45) is -4.34. The molecule has 0 aliphatic rings. The Balaban J connectivity index is 0.000000360. The van der Waals surface area contributed by atoms with Crippen LogP contribution in [-0.2, 0) is 11.6 Å². The lowest BCUT2D eigenvalue weighted by molar-refractivity contribution is -0.138. The maximum absolute atomic E-state index is 11.7. The lowest BCUT2D eigenvalue weighted by atomic mass is 9.98. The zero-order valence-corrected chi connectivity index (χ0v) is 15.4. The third-order valence-corrected chi connectivity index (χ3v) is 4.08. The van der Waals surface area contributed by atoms with Gasteiger partial charge in [0.05, 0.1) is 0 Å². The second-order valence-electron chi connectivity index (χ2n) is 5.00. The van der Waals surface area contributed by atoms with Crippen LogP contribution in [0.1, 0.15) is 54.6 Å². The Bertz CT molecular complexity index is 506. The molecule has 0 saturated carbocycles. The lowest BCUT2D eigenvalue weighted by Crippen LogP contribution is -2.10. The van der Waals surface area contributed by atoms with Gasteiger partial charge >= 0.3 is 6.18 Å². The number of alkyl halides is 3. The number of halogens is 3. The third-order valence-electron chi connectivity index (χ3n) is 1.94. The van der Waals surface area contributed by atoms with Crippen LogP contribution >= 0.6 is 22.7 Å². The Morgan fingerprint density at radius 1 is 0.727 bits per heavy atom. The summed E-state index contributed by atoms with van der Waals surface area (Å²) < 4.78 is 35.1. The van der Waals surface area contributed by atoms with Crippen molar-refractivity contribution < 1.29 is 13.2 Å². The van der Waals surface area contributed by atoms with E-state index < -0.39 is 11.2 Å². The number of nitrogens with zero attached hydrogens (tertiary/aromatic N) is 4. The van der Waals surface area contributed by atoms with Gasteiger partial charge in [-0.15, -0.1) is 31.7 Å². The SMILES string of the molecule is CC.Cc1nnc(C(C)(C)C)s1.Cc1nnc(C(F)(F)F)s1. The van der Waals surface area contributed by atoms with Gasteiger partial charge in [0.2, 0.25) is 5.01 Å². The summed E-state index contributed by atoms with van der Waals surface area (Å²) in [6, 6.07) is 0. The predicted molar refractivity (Wildman–Crippen MR) is 84.3 cm³/mol. The first-order valence-corrected chi connectivity index (χ1v) is 8.31. The van der Waals surface area contributed by atoms with E-state index in [1.165, 1.54) is 6.92 Å². The quantitative estimate of drug-likeness (QED) is 0.665. The monoisotopic (exact) mass is 354 g/mol. The molecule has 2 aromatic rings. The molecule has 0 aliphatic heterocycles. The molecule has 2 heterocycles. The van der Waals surface area contributed by atoms with Crippen LogP contribution in [0, 0.1) is 13.8 Å². The summed E-state index contributed by atoms with van der Waals surface area (Å²) in [5.41, 5.74) is 0.159. The highest BCUT2D eigenvalue weighted by Crippen LogP contribution is 2.30. The van der Waals surface area contributed by atoms with Crippen LogP contribution in [0.25, 0.3) is 0 Å². The van der Waals surface area contributed by atoms with Crippen LogP contribution in [0.4, 0.5) is 13.2 Å². The minimum Gasteiger partial charge on any atom is -0.164 e. The van der Waals surface area contributed by atoms with Gasteiger partial charge < -0.3 is 0 Å². The minimum atomic E-state index is -4.34. The molecule has 9 heteroatoms. The highest BCUT2D eigenvalue weighted by atomic mass is 32.1. The number of aromatic nitrogens is 4. The van der Waals surface area contributed by atoms with Crippen molar-refractivity contribution in [2.24, 2.45) is 0 Å². The summed E-state index contributed by atoms with van der Waals surface area (Å²) in [7, 11) is 0. The molecule has 0 atom stereocenters. The molecule has 0 aliphatic carbocycles. The zero-order valence-electron chi connectivity index (χ0n) is 13.7. The Morgan fingerprint density at radius 2 is 1.09 bits per heavy atom. The molecule has 4 nitrogen and oxygen atoms in total. The molecule has 126 valence electrons. The Labute approximate surface area is 136 Å². The summed E-state index contributed by atoms with van der Waals surface area (Å²) in [6.45, 7) is 13.9. The maximum Gasteiger partial charge on any atom is 0.445 e. The van der Waals surface area contributed by atoms with E-state index in [9.17, 15) is 13.2 Å². The lowest BCUT2D eigenvalue weighted by Gasteiger charge is -2.12. The predicted octanol–water partition coefficient (Wildman–Crippen LogP) is 5.04. The van der Waals surface area contributed by atoms with Crippen molar-refractivity contribution >= 4 is 22.7 Å². The molecule has 2 aromatic heterocycles. The maximum atomic E-state index is 11.7. The number of aryl methyl sites for hydroxylation is 2. The molecule has 22 heavy (non-hydrogen) atoms. The van der Waals surface area contributed by atoms with E-state index in [0.717, 1.165) is 10.0 Å². The number of hydrogen-bond acceptors (Lipinski definition) is 6. The molecule has 0 saturated heterocycles. The first-order chi connectivity index (χ1) is 10.00. The van der Waals surface area contributed by atoms with Crippen LogP contribution in [0.15, 0.2) is 0 Å². The van der Waals surface area contributed by atoms with Gasteiger partial charge in [-0.2, -0.15) is 13.2 Å². The van der Waals surface area contributed by atoms with E-state index in [1.54, 1.807) is 11.3 Å². The first-order valence-electron chi connectivity index (χ1n) is 6.68. The van der Waals surface area contributed by atoms with Gasteiger partial charge in [0.15, 0.2) is 0 Å². The van der Waals surface area contributed by atoms with Gasteiger partial charge in [-0.05, 0) is 13.8 Å². The van der Waals surface area contributed by atoms with Crippen LogP contribution in [0.3, 0.4) is 0 Å². The zero-order chi connectivity index (χ0) is 17.6. The van der Waals surface area contributed by atoms with E-state index in [-0.39, 0.29) is 5.41 Å². The molecular weight excluding hydrogens is 333 g/mol. The molecule has 2 rings (SSSR count). The fourth-order valence-corrected chi connectivity index (χ4v) is 2.32. The molecule has 0 radical (unpaired) electrons. The number of hydrogen-bond donors (Lipinski definition) is 0. The van der Waals surface area contributed by atoms with E-state index >= 15 is 0 Å². The van der Waals surface area contributed by atoms with E-state index in [4.69, 9.17) is 0 Å². The largest absolute Gasteiger partial charge is 0.445 e. The van der Waals surface area contributed by atoms with Crippen molar-refractivity contribution in [1.82, 2.24) is 20.4 Å². The first kappa shape index (κ1) is 20.9. The normalized spacial score (nSPS) is 11.2. The summed E-state index contributed by atoms with van der Waals surface area (Å²) in [4.78, 5) is 0. The third kappa shape index (κ3) is 7.26. The average molecular weight is 354 g/mol. The summed E-state index contributed by atoms with van der Waals surface area (Å²) >= 11 is 2.22. The van der Waals surface area contributed by atoms with Gasteiger partial charge in [-0.25, -0.2) is 0 Å². The molecule has 0 amide bonds. The van der Waals surface area contributed by atoms with Crippen molar-refractivity contribution in [2.45, 2.75) is 60.1 Å². The topological polar surface area (TPSA) is 51.6 Å². The van der Waals surface area contributed by atoms with Gasteiger partial charge in [0, 0.05) is 5.41 Å². The van der Waals surface area contributed by atoms with Crippen molar-refractivity contribution in [3.05, 3.63) is 20.0 Å². The second kappa shape index (κ2) is 8.52. The van der Waals surface area contributed by atoms with Crippen LogP contribution in [-0.4, -0.2) is 20.4 Å². The smallest absolute Gasteiger partial charge is 0.164 e. The van der Waals surface area contributed by atoms with Crippen molar-refractivity contribution in [3.63, 3.8) is 0 Å². The Morgan fingerprint density at radius 3 is 1.23 bits per heavy atom. The minimum absolute atomic E-state index is 0.159. The van der Waals surface area contributed by atoms with Gasteiger partial charge in [-0.1, -0.05) is 46.0 Å². The molecule has 0 fully saturated rings. The molecule has 0 spiro atoms. The molecular formula is C13H21F3N4S2. The fourth-order valence-electron chi connectivity index (χ4n) is 1.01. The summed E-state index contributed by atoms with van der Waals surface area (Å²) in [5.74, 6) is 0. The fraction of sp³-hybridized carbons (Fsp3) is 0.692. The van der Waals surface area contributed by atoms with E-state index in [0.29, 0.717) is 16.3 Å². The number of rotatable bonds is 0. The Kier molecular flexibility index (Phi) is 8.10. The standard InChI is InChI=1S/C7H12N2S.C4H3F3N2S.C2H6/c1-5-8-9-6(10-5)7(2,3)4;1-2-8-9-3(10-2)4(5,6)7;1-2/h1-4H3;1H3;1-2H3. The average Bonchev–Trinajstić information content (AvgIpc) is 3.00. The highest BCUT2D eigenvalue weighted by Gasteiger charge is 2.35. The molecule has 0 N–H and O–H groups in total. The summed E-state index contributed by atoms with van der Waals surface area (Å²) in [5, 5.41) is 15.8. The molecule has 0 bridgehead atoms. The molecule has 0 aromatic carbocycles. The van der Waals surface area contributed by atoms with Crippen LogP contribution in [0.5, 0.6) is 0 Å². The van der Waals surface area contributed by atoms with Crippen molar-refractivity contribution in [3.8, 4) is 0 Å². The van der Waals surface area contributed by atoms with E-state index in [1.807, 2.05) is 20.8 Å². The van der Waals surface area contributed by atoms with Crippen molar-refractivity contribution in [2.75, 3.05) is 0 Å². The van der Waals surface area contributed by atoms with Gasteiger partial charge in [-0.3, -0.25) is 0 Å². The highest BCUT2D eigenvalue weighted by molar-refractivity contribution is 7.11. The van der Waals surface area contributed by atoms with Gasteiger partial charge in [0.1, 0.15) is 15.0 Å². The molecule has 0 unspecified atom stereocenters. The van der Waals surface area contributed by atoms with E-state index in [2.05, 4.69) is 41.2 Å². The van der Waals surface area contributed by atoms with Gasteiger partial charge in [0.25, 0.3) is 0 Å². The van der Waals surface area contributed by atoms with Crippen LogP contribution in [0.2, 0.25) is 0 Å². The van der Waals surface area contributed by atoms with Crippen LogP contribution < -0.4 is 0 Å². The second-order valence-corrected chi connectivity index (χ2v) is 7.36. The Hall–Kier alpha value is -1.09.